The zero-order valence-corrected chi connectivity index (χ0v) is 7.27. The van der Waals surface area contributed by atoms with E-state index in [1.165, 1.54) is 15.4 Å². The SMILES string of the molecule is Cc1ccccc1B1O[B]O[B]O1. The van der Waals surface area contributed by atoms with Gasteiger partial charge in [-0.25, -0.2) is 0 Å². The van der Waals surface area contributed by atoms with Crippen molar-refractivity contribution in [1.82, 2.24) is 0 Å². The van der Waals surface area contributed by atoms with Crippen LogP contribution in [0.5, 0.6) is 0 Å². The van der Waals surface area contributed by atoms with Crippen LogP contribution in [0.3, 0.4) is 0 Å². The molecule has 1 aromatic rings. The largest absolute Gasteiger partial charge is 0.466 e. The molecule has 62 valence electrons. The zero-order valence-electron chi connectivity index (χ0n) is 7.27. The Balaban J connectivity index is 2.18. The molecule has 1 aromatic carbocycles. The maximum absolute atomic E-state index is 5.14. The molecule has 2 rings (SSSR count). The van der Waals surface area contributed by atoms with Crippen molar-refractivity contribution < 1.29 is 13.7 Å². The summed E-state index contributed by atoms with van der Waals surface area (Å²) in [6.07, 6.45) is 0. The van der Waals surface area contributed by atoms with Gasteiger partial charge in [0.05, 0.1) is 0 Å². The first kappa shape index (κ1) is 8.87. The third kappa shape index (κ3) is 1.96. The van der Waals surface area contributed by atoms with Crippen LogP contribution in [0.25, 0.3) is 0 Å². The van der Waals surface area contributed by atoms with Gasteiger partial charge in [-0.1, -0.05) is 29.8 Å². The molecule has 6 heteroatoms. The van der Waals surface area contributed by atoms with Crippen molar-refractivity contribution in [2.45, 2.75) is 6.92 Å². The molecule has 2 radical (unpaired) electrons. The first-order valence-corrected chi connectivity index (χ1v) is 4.03. The normalized spacial score (nSPS) is 16.2. The Morgan fingerprint density at radius 2 is 1.85 bits per heavy atom. The van der Waals surface area contributed by atoms with Gasteiger partial charge < -0.3 is 13.7 Å². The van der Waals surface area contributed by atoms with Crippen LogP contribution in [0.2, 0.25) is 0 Å². The van der Waals surface area contributed by atoms with E-state index in [9.17, 15) is 0 Å². The molecule has 0 saturated carbocycles. The number of benzene rings is 1. The predicted molar refractivity (Wildman–Crippen MR) is 51.3 cm³/mol. The summed E-state index contributed by atoms with van der Waals surface area (Å²) in [6.45, 7) is 2.01. The summed E-state index contributed by atoms with van der Waals surface area (Å²) in [5, 5.41) is 0. The lowest BCUT2D eigenvalue weighted by Gasteiger charge is -2.19. The van der Waals surface area contributed by atoms with Gasteiger partial charge in [0.2, 0.25) is 0 Å². The van der Waals surface area contributed by atoms with Crippen LogP contribution in [0.15, 0.2) is 24.3 Å². The quantitative estimate of drug-likeness (QED) is 0.549. The second-order valence-electron chi connectivity index (χ2n) is 2.79. The Labute approximate surface area is 79.1 Å². The molecule has 0 bridgehead atoms. The van der Waals surface area contributed by atoms with E-state index in [1.807, 2.05) is 31.2 Å². The van der Waals surface area contributed by atoms with Gasteiger partial charge in [-0.3, -0.25) is 0 Å². The Morgan fingerprint density at radius 1 is 1.15 bits per heavy atom. The van der Waals surface area contributed by atoms with Crippen molar-refractivity contribution in [2.24, 2.45) is 0 Å². The van der Waals surface area contributed by atoms with Crippen molar-refractivity contribution in [3.63, 3.8) is 0 Å². The van der Waals surface area contributed by atoms with Crippen molar-refractivity contribution in [2.75, 3.05) is 0 Å². The van der Waals surface area contributed by atoms with Crippen molar-refractivity contribution in [3.8, 4) is 0 Å². The topological polar surface area (TPSA) is 27.7 Å². The van der Waals surface area contributed by atoms with Crippen molar-refractivity contribution in [1.29, 1.82) is 0 Å². The van der Waals surface area contributed by atoms with E-state index < -0.39 is 0 Å². The Bertz CT molecular complexity index is 288. The molecule has 0 N–H and O–H groups in total. The molecule has 1 aliphatic heterocycles. The summed E-state index contributed by atoms with van der Waals surface area (Å²) in [7, 11) is 2.15. The first-order chi connectivity index (χ1) is 6.38. The molecule has 3 nitrogen and oxygen atoms in total. The number of aryl methyl sites for hydroxylation is 1. The van der Waals surface area contributed by atoms with E-state index in [2.05, 4.69) is 4.57 Å². The van der Waals surface area contributed by atoms with Gasteiger partial charge in [-0.15, -0.1) is 0 Å². The molecule has 1 fully saturated rings. The monoisotopic (exact) mass is 172 g/mol. The van der Waals surface area contributed by atoms with E-state index in [0.717, 1.165) is 11.0 Å². The smallest absolute Gasteiger partial charge is 0.457 e. The second kappa shape index (κ2) is 4.00. The highest BCUT2D eigenvalue weighted by molar-refractivity contribution is 6.71. The van der Waals surface area contributed by atoms with E-state index in [0.29, 0.717) is 0 Å². The molecular formula is C7H7B3O3. The summed E-state index contributed by atoms with van der Waals surface area (Å²) in [5.41, 5.74) is 2.15. The Hall–Kier alpha value is -0.705. The summed E-state index contributed by atoms with van der Waals surface area (Å²) in [4.78, 5) is 0. The third-order valence-electron chi connectivity index (χ3n) is 1.91. The molecule has 0 atom stereocenters. The average Bonchev–Trinajstić information content (AvgIpc) is 2.20. The highest BCUT2D eigenvalue weighted by Gasteiger charge is 2.27. The molecule has 0 aliphatic carbocycles. The lowest BCUT2D eigenvalue weighted by atomic mass is 9.73. The van der Waals surface area contributed by atoms with Gasteiger partial charge in [0.15, 0.2) is 0 Å². The van der Waals surface area contributed by atoms with Gasteiger partial charge in [0, 0.05) is 0 Å². The van der Waals surface area contributed by atoms with Crippen LogP contribution >= 0.6 is 0 Å². The Morgan fingerprint density at radius 3 is 2.54 bits per heavy atom. The van der Waals surface area contributed by atoms with Crippen LogP contribution in [-0.2, 0) is 13.7 Å². The van der Waals surface area contributed by atoms with Gasteiger partial charge in [0.25, 0.3) is 0 Å². The average molecular weight is 172 g/mol. The lowest BCUT2D eigenvalue weighted by Crippen LogP contribution is -2.45. The standard InChI is InChI=1S/C7H7B3O3/c1-6-4-2-3-5-7(6)10-12-8-11-9-13-10/h2-5H,1H3. The summed E-state index contributed by atoms with van der Waals surface area (Å²) >= 11 is 0. The third-order valence-corrected chi connectivity index (χ3v) is 1.91. The Kier molecular flexibility index (Phi) is 2.73. The van der Waals surface area contributed by atoms with Crippen molar-refractivity contribution in [3.05, 3.63) is 29.8 Å². The fourth-order valence-corrected chi connectivity index (χ4v) is 1.22. The highest BCUT2D eigenvalue weighted by Crippen LogP contribution is 2.00. The summed E-state index contributed by atoms with van der Waals surface area (Å²) in [6, 6.07) is 7.90. The molecule has 0 aromatic heterocycles. The molecule has 1 aliphatic rings. The van der Waals surface area contributed by atoms with E-state index >= 15 is 0 Å². The van der Waals surface area contributed by atoms with E-state index in [-0.39, 0.29) is 7.12 Å². The minimum Gasteiger partial charge on any atom is -0.457 e. The molecular weight excluding hydrogens is 165 g/mol. The van der Waals surface area contributed by atoms with Crippen LogP contribution in [-0.4, -0.2) is 22.5 Å². The fraction of sp³-hybridized carbons (Fsp3) is 0.143. The molecule has 1 heterocycles. The van der Waals surface area contributed by atoms with Gasteiger partial charge in [-0.2, -0.15) is 0 Å². The predicted octanol–water partition coefficient (Wildman–Crippen LogP) is -0.178. The van der Waals surface area contributed by atoms with E-state index in [1.54, 1.807) is 0 Å². The number of hydrogen-bond donors (Lipinski definition) is 0. The lowest BCUT2D eigenvalue weighted by molar-refractivity contribution is 0.333. The van der Waals surface area contributed by atoms with Gasteiger partial charge in [-0.05, 0) is 12.4 Å². The van der Waals surface area contributed by atoms with Gasteiger partial charge >= 0.3 is 22.5 Å². The molecule has 0 unspecified atom stereocenters. The second-order valence-corrected chi connectivity index (χ2v) is 2.79. The van der Waals surface area contributed by atoms with Crippen LogP contribution < -0.4 is 5.46 Å². The summed E-state index contributed by atoms with van der Waals surface area (Å²) in [5.74, 6) is 0. The van der Waals surface area contributed by atoms with Crippen molar-refractivity contribution >= 4 is 28.0 Å². The first-order valence-electron chi connectivity index (χ1n) is 4.03. The van der Waals surface area contributed by atoms with Crippen LogP contribution in [0.1, 0.15) is 5.56 Å². The fourth-order valence-electron chi connectivity index (χ4n) is 1.22. The van der Waals surface area contributed by atoms with E-state index in [4.69, 9.17) is 9.14 Å². The minimum atomic E-state index is -0.380. The maximum atomic E-state index is 5.14. The molecule has 13 heavy (non-hydrogen) atoms. The molecule has 0 spiro atoms. The zero-order chi connectivity index (χ0) is 9.10. The minimum absolute atomic E-state index is 0.380. The highest BCUT2D eigenvalue weighted by atomic mass is 16.7. The molecule has 0 amide bonds. The van der Waals surface area contributed by atoms with Crippen LogP contribution in [0.4, 0.5) is 0 Å². The summed E-state index contributed by atoms with van der Waals surface area (Å²) < 4.78 is 15.0. The number of rotatable bonds is 1. The number of hydrogen-bond acceptors (Lipinski definition) is 3. The van der Waals surface area contributed by atoms with Gasteiger partial charge in [0.1, 0.15) is 0 Å². The molecule has 1 saturated heterocycles. The van der Waals surface area contributed by atoms with Crippen LogP contribution in [0, 0.1) is 6.92 Å². The maximum Gasteiger partial charge on any atom is 0.466 e.